The molecular weight excluding hydrogens is 266 g/mol. The zero-order valence-corrected chi connectivity index (χ0v) is 11.8. The molecular formula is C16H17N3O2. The van der Waals surface area contributed by atoms with Crippen LogP contribution in [-0.4, -0.2) is 16.2 Å². The van der Waals surface area contributed by atoms with Crippen LogP contribution < -0.4 is 11.0 Å². The second kappa shape index (κ2) is 7.19. The number of nitrogens with one attached hydrogen (secondary N) is 1. The van der Waals surface area contributed by atoms with Crippen molar-refractivity contribution in [3.63, 3.8) is 0 Å². The van der Waals surface area contributed by atoms with Crippen LogP contribution in [0.4, 0.5) is 0 Å². The summed E-state index contributed by atoms with van der Waals surface area (Å²) in [7, 11) is 0. The van der Waals surface area contributed by atoms with Gasteiger partial charge in [0.15, 0.2) is 0 Å². The monoisotopic (exact) mass is 283 g/mol. The highest BCUT2D eigenvalue weighted by molar-refractivity contribution is 6.00. The number of carbonyl (C=O) groups is 1. The lowest BCUT2D eigenvalue weighted by atomic mass is 10.1. The predicted molar refractivity (Wildman–Crippen MR) is 82.1 cm³/mol. The second-order valence-corrected chi connectivity index (χ2v) is 4.48. The molecule has 108 valence electrons. The molecule has 1 heterocycles. The van der Waals surface area contributed by atoms with E-state index < -0.39 is 0 Å². The zero-order valence-electron chi connectivity index (χ0n) is 11.8. The van der Waals surface area contributed by atoms with Gasteiger partial charge in [-0.15, -0.1) is 0 Å². The maximum Gasteiger partial charge on any atom is 0.260 e. The SMILES string of the molecule is CC/C(=N/NC(=O)Cn1ccccc1=O)c1ccccc1. The summed E-state index contributed by atoms with van der Waals surface area (Å²) in [5, 5.41) is 4.14. The number of hydrogen-bond acceptors (Lipinski definition) is 3. The van der Waals surface area contributed by atoms with E-state index in [1.807, 2.05) is 37.3 Å². The molecule has 0 atom stereocenters. The van der Waals surface area contributed by atoms with Gasteiger partial charge >= 0.3 is 0 Å². The van der Waals surface area contributed by atoms with Gasteiger partial charge in [0.1, 0.15) is 6.54 Å². The van der Waals surface area contributed by atoms with Gasteiger partial charge in [0.25, 0.3) is 11.5 Å². The average molecular weight is 283 g/mol. The Morgan fingerprint density at radius 3 is 2.52 bits per heavy atom. The Morgan fingerprint density at radius 1 is 1.14 bits per heavy atom. The summed E-state index contributed by atoms with van der Waals surface area (Å²) in [4.78, 5) is 23.4. The van der Waals surface area contributed by atoms with Crippen molar-refractivity contribution in [1.82, 2.24) is 9.99 Å². The summed E-state index contributed by atoms with van der Waals surface area (Å²) >= 11 is 0. The lowest BCUT2D eigenvalue weighted by Crippen LogP contribution is -2.29. The van der Waals surface area contributed by atoms with Gasteiger partial charge in [-0.3, -0.25) is 9.59 Å². The van der Waals surface area contributed by atoms with E-state index in [-0.39, 0.29) is 18.0 Å². The zero-order chi connectivity index (χ0) is 15.1. The molecule has 1 aromatic heterocycles. The molecule has 0 radical (unpaired) electrons. The van der Waals surface area contributed by atoms with Crippen molar-refractivity contribution < 1.29 is 4.79 Å². The minimum absolute atomic E-state index is 0.0467. The maximum atomic E-state index is 11.8. The van der Waals surface area contributed by atoms with E-state index in [0.717, 1.165) is 11.3 Å². The molecule has 0 aliphatic rings. The first-order valence-corrected chi connectivity index (χ1v) is 6.77. The molecule has 0 spiro atoms. The Morgan fingerprint density at radius 2 is 1.86 bits per heavy atom. The number of hydrazone groups is 1. The minimum atomic E-state index is -0.329. The average Bonchev–Trinajstić information content (AvgIpc) is 2.51. The Bertz CT molecular complexity index is 690. The number of carbonyl (C=O) groups excluding carboxylic acids is 1. The van der Waals surface area contributed by atoms with E-state index in [1.165, 1.54) is 10.6 Å². The molecule has 2 aromatic rings. The summed E-state index contributed by atoms with van der Waals surface area (Å²) in [5.41, 5.74) is 4.05. The Labute approximate surface area is 122 Å². The number of hydrogen-bond donors (Lipinski definition) is 1. The lowest BCUT2D eigenvalue weighted by Gasteiger charge is -2.06. The molecule has 0 saturated heterocycles. The van der Waals surface area contributed by atoms with Crippen LogP contribution in [0.25, 0.3) is 0 Å². The topological polar surface area (TPSA) is 63.5 Å². The molecule has 1 amide bonds. The van der Waals surface area contributed by atoms with E-state index >= 15 is 0 Å². The van der Waals surface area contributed by atoms with Crippen LogP contribution in [0.2, 0.25) is 0 Å². The summed E-state index contributed by atoms with van der Waals surface area (Å²) < 4.78 is 1.33. The molecule has 0 unspecified atom stereocenters. The number of nitrogens with zero attached hydrogens (tertiary/aromatic N) is 2. The van der Waals surface area contributed by atoms with Gasteiger partial charge in [-0.05, 0) is 18.1 Å². The summed E-state index contributed by atoms with van der Waals surface area (Å²) in [6.45, 7) is 1.93. The highest BCUT2D eigenvalue weighted by Gasteiger charge is 2.04. The smallest absolute Gasteiger partial charge is 0.260 e. The standard InChI is InChI=1S/C16H17N3O2/c1-2-14(13-8-4-3-5-9-13)17-18-15(20)12-19-11-7-6-10-16(19)21/h3-11H,2,12H2,1H3,(H,18,20)/b17-14-. The number of aromatic nitrogens is 1. The first-order chi connectivity index (χ1) is 10.2. The van der Waals surface area contributed by atoms with Crippen molar-refractivity contribution in [3.05, 3.63) is 70.6 Å². The van der Waals surface area contributed by atoms with Gasteiger partial charge in [0.05, 0.1) is 5.71 Å². The van der Waals surface area contributed by atoms with Crippen LogP contribution in [0.1, 0.15) is 18.9 Å². The maximum absolute atomic E-state index is 11.8. The Hall–Kier alpha value is -2.69. The third-order valence-corrected chi connectivity index (χ3v) is 2.97. The van der Waals surface area contributed by atoms with Gasteiger partial charge in [-0.25, -0.2) is 5.43 Å². The first-order valence-electron chi connectivity index (χ1n) is 6.77. The van der Waals surface area contributed by atoms with Crippen LogP contribution in [0.5, 0.6) is 0 Å². The fourth-order valence-electron chi connectivity index (χ4n) is 1.89. The van der Waals surface area contributed by atoms with Crippen molar-refractivity contribution in [1.29, 1.82) is 0 Å². The van der Waals surface area contributed by atoms with Crippen LogP contribution in [-0.2, 0) is 11.3 Å². The van der Waals surface area contributed by atoms with Crippen molar-refractivity contribution in [2.75, 3.05) is 0 Å². The van der Waals surface area contributed by atoms with Crippen LogP contribution in [0, 0.1) is 0 Å². The summed E-state index contributed by atoms with van der Waals surface area (Å²) in [6.07, 6.45) is 2.28. The molecule has 0 bridgehead atoms. The lowest BCUT2D eigenvalue weighted by molar-refractivity contribution is -0.121. The molecule has 5 heteroatoms. The fourth-order valence-corrected chi connectivity index (χ4v) is 1.89. The molecule has 0 aliphatic heterocycles. The normalized spacial score (nSPS) is 11.2. The molecule has 21 heavy (non-hydrogen) atoms. The first kappa shape index (κ1) is 14.7. The molecule has 0 saturated carbocycles. The number of pyridine rings is 1. The molecule has 5 nitrogen and oxygen atoms in total. The van der Waals surface area contributed by atoms with E-state index in [1.54, 1.807) is 18.3 Å². The van der Waals surface area contributed by atoms with Crippen LogP contribution >= 0.6 is 0 Å². The highest BCUT2D eigenvalue weighted by Crippen LogP contribution is 2.03. The Balaban J connectivity index is 2.04. The second-order valence-electron chi connectivity index (χ2n) is 4.48. The van der Waals surface area contributed by atoms with E-state index in [0.29, 0.717) is 6.42 Å². The van der Waals surface area contributed by atoms with Gasteiger partial charge in [-0.2, -0.15) is 5.10 Å². The quantitative estimate of drug-likeness (QED) is 0.671. The van der Waals surface area contributed by atoms with Crippen LogP contribution in [0.15, 0.2) is 64.6 Å². The third kappa shape index (κ3) is 4.14. The van der Waals surface area contributed by atoms with Crippen molar-refractivity contribution in [3.8, 4) is 0 Å². The van der Waals surface area contributed by atoms with Gasteiger partial charge < -0.3 is 4.57 Å². The highest BCUT2D eigenvalue weighted by atomic mass is 16.2. The predicted octanol–water partition coefficient (Wildman–Crippen LogP) is 1.78. The van der Waals surface area contributed by atoms with E-state index in [9.17, 15) is 9.59 Å². The molecule has 1 aromatic carbocycles. The third-order valence-electron chi connectivity index (χ3n) is 2.97. The minimum Gasteiger partial charge on any atom is -0.306 e. The van der Waals surface area contributed by atoms with E-state index in [4.69, 9.17) is 0 Å². The summed E-state index contributed by atoms with van der Waals surface area (Å²) in [6, 6.07) is 14.4. The number of benzene rings is 1. The summed E-state index contributed by atoms with van der Waals surface area (Å²) in [5.74, 6) is -0.329. The van der Waals surface area contributed by atoms with Crippen molar-refractivity contribution >= 4 is 11.6 Å². The van der Waals surface area contributed by atoms with Crippen LogP contribution in [0.3, 0.4) is 0 Å². The van der Waals surface area contributed by atoms with Gasteiger partial charge in [0, 0.05) is 12.3 Å². The number of rotatable bonds is 5. The number of amides is 1. The Kier molecular flexibility index (Phi) is 5.04. The molecule has 1 N–H and O–H groups in total. The largest absolute Gasteiger partial charge is 0.306 e. The van der Waals surface area contributed by atoms with Gasteiger partial charge in [0.2, 0.25) is 0 Å². The van der Waals surface area contributed by atoms with Gasteiger partial charge in [-0.1, -0.05) is 43.3 Å². The molecule has 0 aliphatic carbocycles. The van der Waals surface area contributed by atoms with Crippen molar-refractivity contribution in [2.24, 2.45) is 5.10 Å². The molecule has 2 rings (SSSR count). The molecule has 0 fully saturated rings. The van der Waals surface area contributed by atoms with E-state index in [2.05, 4.69) is 10.5 Å². The van der Waals surface area contributed by atoms with Crippen molar-refractivity contribution in [2.45, 2.75) is 19.9 Å². The fraction of sp³-hybridized carbons (Fsp3) is 0.188.